The standard InChI is InChI=1S/C23H28FN7O4S/c1-14-9-17(15-10-18(21(35-6)25-11-15)28-36(33,34)29(4)5)27-20-19(14)22(32)31(23(20,2)3)16-12-26-30(13-16)8-7-24/h9-13,28H,7-8H2,1-6H3. The van der Waals surface area contributed by atoms with E-state index < -0.39 is 22.4 Å². The molecule has 0 atom stereocenters. The van der Waals surface area contributed by atoms with E-state index in [2.05, 4.69) is 14.8 Å². The van der Waals surface area contributed by atoms with Crippen molar-refractivity contribution in [2.75, 3.05) is 37.5 Å². The van der Waals surface area contributed by atoms with Crippen LogP contribution in [0.4, 0.5) is 15.8 Å². The molecule has 0 fully saturated rings. The largest absolute Gasteiger partial charge is 0.479 e. The molecule has 4 heterocycles. The van der Waals surface area contributed by atoms with E-state index in [1.807, 2.05) is 20.8 Å². The fourth-order valence-corrected chi connectivity index (χ4v) is 4.79. The minimum Gasteiger partial charge on any atom is -0.479 e. The first-order chi connectivity index (χ1) is 16.9. The van der Waals surface area contributed by atoms with Crippen molar-refractivity contribution in [2.24, 2.45) is 0 Å². The molecule has 36 heavy (non-hydrogen) atoms. The summed E-state index contributed by atoms with van der Waals surface area (Å²) in [5, 5.41) is 4.15. The summed E-state index contributed by atoms with van der Waals surface area (Å²) in [4.78, 5) is 24.1. The number of hydrogen-bond acceptors (Lipinski definition) is 7. The topological polar surface area (TPSA) is 123 Å². The molecule has 11 nitrogen and oxygen atoms in total. The Kier molecular flexibility index (Phi) is 6.47. The highest BCUT2D eigenvalue weighted by Gasteiger charge is 2.47. The van der Waals surface area contributed by atoms with Gasteiger partial charge < -0.3 is 4.74 Å². The van der Waals surface area contributed by atoms with E-state index in [1.165, 1.54) is 38.3 Å². The van der Waals surface area contributed by atoms with Gasteiger partial charge in [-0.1, -0.05) is 0 Å². The lowest BCUT2D eigenvalue weighted by Crippen LogP contribution is -2.39. The number of halogens is 1. The Morgan fingerprint density at radius 2 is 1.94 bits per heavy atom. The number of fused-ring (bicyclic) bond motifs is 1. The number of nitrogens with one attached hydrogen (secondary N) is 1. The lowest BCUT2D eigenvalue weighted by molar-refractivity contribution is 0.0981. The fraction of sp³-hybridized carbons (Fsp3) is 0.391. The number of pyridine rings is 2. The molecule has 4 rings (SSSR count). The molecule has 0 saturated heterocycles. The van der Waals surface area contributed by atoms with Gasteiger partial charge >= 0.3 is 10.2 Å². The molecule has 0 unspecified atom stereocenters. The molecule has 1 aliphatic rings. The van der Waals surface area contributed by atoms with Crippen molar-refractivity contribution in [3.63, 3.8) is 0 Å². The Balaban J connectivity index is 1.79. The third-order valence-corrected chi connectivity index (χ3v) is 7.46. The number of nitrogens with zero attached hydrogens (tertiary/aromatic N) is 6. The van der Waals surface area contributed by atoms with Gasteiger partial charge in [0.25, 0.3) is 5.91 Å². The molecule has 0 saturated carbocycles. The molecule has 1 aliphatic heterocycles. The summed E-state index contributed by atoms with van der Waals surface area (Å²) in [6.07, 6.45) is 4.70. The van der Waals surface area contributed by atoms with Crippen LogP contribution in [0.2, 0.25) is 0 Å². The molecule has 0 bridgehead atoms. The first-order valence-corrected chi connectivity index (χ1v) is 12.5. The van der Waals surface area contributed by atoms with Crippen LogP contribution < -0.4 is 14.4 Å². The highest BCUT2D eigenvalue weighted by molar-refractivity contribution is 7.90. The van der Waals surface area contributed by atoms with Gasteiger partial charge in [0.1, 0.15) is 12.4 Å². The maximum absolute atomic E-state index is 13.5. The lowest BCUT2D eigenvalue weighted by Gasteiger charge is -2.30. The first-order valence-electron chi connectivity index (χ1n) is 11.1. The zero-order valence-corrected chi connectivity index (χ0v) is 21.7. The van der Waals surface area contributed by atoms with Gasteiger partial charge in [0.2, 0.25) is 5.88 Å². The summed E-state index contributed by atoms with van der Waals surface area (Å²) < 4.78 is 47.8. The van der Waals surface area contributed by atoms with Crippen LogP contribution in [0.25, 0.3) is 11.3 Å². The number of aryl methyl sites for hydroxylation is 2. The smallest absolute Gasteiger partial charge is 0.301 e. The van der Waals surface area contributed by atoms with Gasteiger partial charge in [0.05, 0.1) is 48.0 Å². The van der Waals surface area contributed by atoms with E-state index in [9.17, 15) is 17.6 Å². The number of alkyl halides is 1. The van der Waals surface area contributed by atoms with Crippen molar-refractivity contribution in [3.8, 4) is 17.1 Å². The van der Waals surface area contributed by atoms with Crippen molar-refractivity contribution < 1.29 is 22.3 Å². The van der Waals surface area contributed by atoms with Crippen molar-refractivity contribution in [2.45, 2.75) is 32.9 Å². The van der Waals surface area contributed by atoms with Crippen LogP contribution in [0.3, 0.4) is 0 Å². The zero-order chi connectivity index (χ0) is 26.4. The Bertz CT molecular complexity index is 1440. The maximum Gasteiger partial charge on any atom is 0.301 e. The number of carbonyl (C=O) groups excluding carboxylic acids is 1. The average molecular weight is 518 g/mol. The third-order valence-electron chi connectivity index (χ3n) is 6.02. The lowest BCUT2D eigenvalue weighted by atomic mass is 9.96. The molecular formula is C23H28FN7O4S. The molecule has 1 N–H and O–H groups in total. The second-order valence-corrected chi connectivity index (χ2v) is 11.0. The molecule has 0 aliphatic carbocycles. The third kappa shape index (κ3) is 4.28. The molecule has 3 aromatic heterocycles. The van der Waals surface area contributed by atoms with E-state index in [-0.39, 0.29) is 24.0 Å². The Hall–Kier alpha value is -3.58. The van der Waals surface area contributed by atoms with Crippen LogP contribution in [-0.4, -0.2) is 66.3 Å². The van der Waals surface area contributed by atoms with Gasteiger partial charge in [0.15, 0.2) is 0 Å². The molecule has 0 aromatic carbocycles. The van der Waals surface area contributed by atoms with E-state index in [4.69, 9.17) is 9.72 Å². The van der Waals surface area contributed by atoms with Gasteiger partial charge in [0, 0.05) is 32.1 Å². The molecule has 0 radical (unpaired) electrons. The number of anilines is 2. The average Bonchev–Trinajstić information content (AvgIpc) is 3.33. The first kappa shape index (κ1) is 25.5. The molecule has 192 valence electrons. The maximum atomic E-state index is 13.5. The SMILES string of the molecule is COc1ncc(-c2cc(C)c3c(n2)C(C)(C)N(c2cnn(CCF)c2)C3=O)cc1NS(=O)(=O)N(C)C. The Morgan fingerprint density at radius 1 is 1.22 bits per heavy atom. The number of rotatable bonds is 8. The number of carbonyl (C=O) groups is 1. The van der Waals surface area contributed by atoms with Crippen molar-refractivity contribution in [1.82, 2.24) is 24.1 Å². The van der Waals surface area contributed by atoms with Crippen LogP contribution in [-0.2, 0) is 22.3 Å². The molecule has 1 amide bonds. The van der Waals surface area contributed by atoms with Crippen LogP contribution >= 0.6 is 0 Å². The predicted molar refractivity (Wildman–Crippen MR) is 133 cm³/mol. The second-order valence-electron chi connectivity index (χ2n) is 9.07. The zero-order valence-electron chi connectivity index (χ0n) is 20.9. The summed E-state index contributed by atoms with van der Waals surface area (Å²) in [6, 6.07) is 3.35. The highest BCUT2D eigenvalue weighted by Crippen LogP contribution is 2.43. The number of hydrogen-bond donors (Lipinski definition) is 1. The quantitative estimate of drug-likeness (QED) is 0.487. The number of methoxy groups -OCH3 is 1. The monoisotopic (exact) mass is 517 g/mol. The van der Waals surface area contributed by atoms with Crippen molar-refractivity contribution in [3.05, 3.63) is 47.5 Å². The Morgan fingerprint density at radius 3 is 2.58 bits per heavy atom. The number of aromatic nitrogens is 4. The van der Waals surface area contributed by atoms with Gasteiger partial charge in [-0.2, -0.15) is 17.8 Å². The summed E-state index contributed by atoms with van der Waals surface area (Å²) in [7, 11) is 0.401. The highest BCUT2D eigenvalue weighted by atomic mass is 32.2. The van der Waals surface area contributed by atoms with Crippen molar-refractivity contribution in [1.29, 1.82) is 0 Å². The normalized spacial score (nSPS) is 14.9. The molecule has 13 heteroatoms. The van der Waals surface area contributed by atoms with Crippen LogP contribution in [0.5, 0.6) is 5.88 Å². The van der Waals surface area contributed by atoms with E-state index in [1.54, 1.807) is 23.2 Å². The minimum absolute atomic E-state index is 0.0984. The molecular weight excluding hydrogens is 489 g/mol. The van der Waals surface area contributed by atoms with Gasteiger partial charge in [-0.25, -0.2) is 14.4 Å². The van der Waals surface area contributed by atoms with Gasteiger partial charge in [-0.05, 0) is 38.5 Å². The summed E-state index contributed by atoms with van der Waals surface area (Å²) in [6.45, 7) is 5.11. The summed E-state index contributed by atoms with van der Waals surface area (Å²) in [5.41, 5.74) is 2.68. The molecule has 0 spiro atoms. The summed E-state index contributed by atoms with van der Waals surface area (Å²) >= 11 is 0. The number of amides is 1. The van der Waals surface area contributed by atoms with Crippen LogP contribution in [0.1, 0.15) is 35.5 Å². The minimum atomic E-state index is -3.81. The summed E-state index contributed by atoms with van der Waals surface area (Å²) in [5.74, 6) is -0.118. The molecule has 3 aromatic rings. The van der Waals surface area contributed by atoms with Crippen LogP contribution in [0, 0.1) is 6.92 Å². The van der Waals surface area contributed by atoms with Gasteiger partial charge in [-0.15, -0.1) is 0 Å². The fourth-order valence-electron chi connectivity index (χ4n) is 4.18. The van der Waals surface area contributed by atoms with Gasteiger partial charge in [-0.3, -0.25) is 19.1 Å². The second kappa shape index (κ2) is 9.13. The van der Waals surface area contributed by atoms with E-state index >= 15 is 0 Å². The Labute approximate surface area is 209 Å². The van der Waals surface area contributed by atoms with Crippen LogP contribution in [0.15, 0.2) is 30.7 Å². The van der Waals surface area contributed by atoms with E-state index in [0.29, 0.717) is 33.8 Å². The van der Waals surface area contributed by atoms with Crippen molar-refractivity contribution >= 4 is 27.5 Å². The predicted octanol–water partition coefficient (Wildman–Crippen LogP) is 2.74. The number of ether oxygens (including phenoxy) is 1. The van der Waals surface area contributed by atoms with E-state index in [0.717, 1.165) is 4.31 Å².